The van der Waals surface area contributed by atoms with Gasteiger partial charge in [-0.25, -0.2) is 0 Å². The normalized spacial score (nSPS) is 10.7. The molecule has 0 radical (unpaired) electrons. The topological polar surface area (TPSA) is 57.2 Å². The molecule has 1 rings (SSSR count). The van der Waals surface area contributed by atoms with Gasteiger partial charge in [-0.15, -0.1) is 0 Å². The van der Waals surface area contributed by atoms with Gasteiger partial charge in [-0.05, 0) is 0 Å². The minimum Gasteiger partial charge on any atom is 1.00 e. The molecule has 1 aromatic carbocycles. The Bertz CT molecular complexity index is 398. The largest absolute Gasteiger partial charge is 1.00 e. The van der Waals surface area contributed by atoms with Crippen LogP contribution in [0.1, 0.15) is 11.1 Å². The van der Waals surface area contributed by atoms with Crippen molar-refractivity contribution < 1.29 is 41.4 Å². The average Bonchev–Trinajstić information content (AvgIpc) is 1.92. The van der Waals surface area contributed by atoms with Crippen LogP contribution in [0.5, 0.6) is 0 Å². The van der Waals surface area contributed by atoms with Crippen molar-refractivity contribution in [3.05, 3.63) is 29.3 Å². The van der Waals surface area contributed by atoms with Crippen molar-refractivity contribution in [2.75, 3.05) is 0 Å². The SMILES string of the molecule is Cc1ccc(C)c([Se](=O)(=O)[O-])c1.[Na+]. The molecule has 0 spiro atoms. The summed E-state index contributed by atoms with van der Waals surface area (Å²) in [4.78, 5) is 0. The van der Waals surface area contributed by atoms with Crippen LogP contribution < -0.4 is 38.2 Å². The van der Waals surface area contributed by atoms with Crippen molar-refractivity contribution in [2.24, 2.45) is 0 Å². The first-order valence-corrected chi connectivity index (χ1v) is 6.40. The first kappa shape index (κ1) is 13.3. The fourth-order valence-electron chi connectivity index (χ4n) is 0.977. The molecule has 66 valence electrons. The predicted octanol–water partition coefficient (Wildman–Crippen LogP) is -3.33. The molecule has 13 heavy (non-hydrogen) atoms. The van der Waals surface area contributed by atoms with Crippen molar-refractivity contribution in [1.29, 1.82) is 0 Å². The number of hydrogen-bond donors (Lipinski definition) is 0. The van der Waals surface area contributed by atoms with Crippen LogP contribution in [0, 0.1) is 13.8 Å². The summed E-state index contributed by atoms with van der Waals surface area (Å²) in [7, 11) is 0. The van der Waals surface area contributed by atoms with Crippen molar-refractivity contribution in [3.63, 3.8) is 0 Å². The van der Waals surface area contributed by atoms with Gasteiger partial charge in [-0.1, -0.05) is 0 Å². The van der Waals surface area contributed by atoms with Gasteiger partial charge in [-0.2, -0.15) is 0 Å². The van der Waals surface area contributed by atoms with Gasteiger partial charge in [0.25, 0.3) is 0 Å². The van der Waals surface area contributed by atoms with E-state index in [1.54, 1.807) is 26.0 Å². The maximum atomic E-state index is 10.7. The minimum atomic E-state index is -5.03. The van der Waals surface area contributed by atoms with Crippen LogP contribution in [0.15, 0.2) is 18.2 Å². The summed E-state index contributed by atoms with van der Waals surface area (Å²) >= 11 is -5.03. The van der Waals surface area contributed by atoms with E-state index in [0.717, 1.165) is 5.56 Å². The van der Waals surface area contributed by atoms with Crippen LogP contribution in [0.2, 0.25) is 0 Å². The first-order chi connectivity index (χ1) is 5.41. The third kappa shape index (κ3) is 3.50. The minimum absolute atomic E-state index is 0. The molecule has 0 saturated heterocycles. The third-order valence-electron chi connectivity index (χ3n) is 1.61. The molecule has 5 heteroatoms. The third-order valence-corrected chi connectivity index (χ3v) is 3.67. The average molecular weight is 255 g/mol. The molecular formula is C8H9NaO3Se. The molecular weight excluding hydrogens is 246 g/mol. The standard InChI is InChI=1S/C8H10O3Se.Na/c1-6-3-4-7(2)8(5-6)12(9,10)11;/h3-5H,1-2H3,(H,9,10,11);/q;+1/p-1. The van der Waals surface area contributed by atoms with Crippen molar-refractivity contribution in [2.45, 2.75) is 13.8 Å². The van der Waals surface area contributed by atoms with E-state index in [0.29, 0.717) is 5.56 Å². The van der Waals surface area contributed by atoms with E-state index in [1.165, 1.54) is 6.07 Å². The molecule has 3 nitrogen and oxygen atoms in total. The number of hydrogen-bond acceptors (Lipinski definition) is 3. The summed E-state index contributed by atoms with van der Waals surface area (Å²) in [5.41, 5.74) is 1.32. The molecule has 0 amide bonds. The van der Waals surface area contributed by atoms with Crippen molar-refractivity contribution in [1.82, 2.24) is 0 Å². The summed E-state index contributed by atoms with van der Waals surface area (Å²) < 4.78 is 32.1. The molecule has 0 aliphatic rings. The first-order valence-electron chi connectivity index (χ1n) is 3.44. The zero-order valence-electron chi connectivity index (χ0n) is 7.87. The molecule has 0 atom stereocenters. The quantitative estimate of drug-likeness (QED) is 0.493. The van der Waals surface area contributed by atoms with Crippen molar-refractivity contribution in [3.8, 4) is 0 Å². The van der Waals surface area contributed by atoms with Crippen LogP contribution >= 0.6 is 0 Å². The zero-order valence-corrected chi connectivity index (χ0v) is 11.6. The fraction of sp³-hybridized carbons (Fsp3) is 0.250. The maximum absolute atomic E-state index is 10.7. The van der Waals surface area contributed by atoms with Crippen LogP contribution in [-0.2, 0) is 7.67 Å². The zero-order chi connectivity index (χ0) is 9.35. The molecule has 0 saturated carbocycles. The fourth-order valence-corrected chi connectivity index (χ4v) is 2.64. The van der Waals surface area contributed by atoms with E-state index in [4.69, 9.17) is 0 Å². The monoisotopic (exact) mass is 256 g/mol. The van der Waals surface area contributed by atoms with Crippen LogP contribution in [0.4, 0.5) is 0 Å². The Balaban J connectivity index is 0.00000144. The summed E-state index contributed by atoms with van der Waals surface area (Å²) in [6.45, 7) is 3.38. The van der Waals surface area contributed by atoms with Gasteiger partial charge in [0.1, 0.15) is 0 Å². The van der Waals surface area contributed by atoms with Gasteiger partial charge < -0.3 is 0 Å². The van der Waals surface area contributed by atoms with Crippen molar-refractivity contribution >= 4 is 17.5 Å². The Kier molecular flexibility index (Phi) is 4.80. The molecule has 0 aliphatic heterocycles. The second kappa shape index (κ2) is 4.69. The van der Waals surface area contributed by atoms with Gasteiger partial charge in [0.2, 0.25) is 0 Å². The van der Waals surface area contributed by atoms with E-state index in [-0.39, 0.29) is 34.0 Å². The Hall–Kier alpha value is 0.299. The van der Waals surface area contributed by atoms with E-state index in [9.17, 15) is 11.9 Å². The summed E-state index contributed by atoms with van der Waals surface area (Å²) in [6.07, 6.45) is 0. The molecule has 0 N–H and O–H groups in total. The Morgan fingerprint density at radius 2 is 1.77 bits per heavy atom. The molecule has 0 bridgehead atoms. The Morgan fingerprint density at radius 1 is 1.23 bits per heavy atom. The van der Waals surface area contributed by atoms with E-state index < -0.39 is 13.0 Å². The summed E-state index contributed by atoms with van der Waals surface area (Å²) in [6, 6.07) is 4.84. The predicted molar refractivity (Wildman–Crippen MR) is 42.7 cm³/mol. The second-order valence-electron chi connectivity index (χ2n) is 2.72. The van der Waals surface area contributed by atoms with Gasteiger partial charge in [0.15, 0.2) is 0 Å². The smallest absolute Gasteiger partial charge is 1.00 e. The summed E-state index contributed by atoms with van der Waals surface area (Å²) in [5, 5.41) is 0. The summed E-state index contributed by atoms with van der Waals surface area (Å²) in [5.74, 6) is 0. The maximum Gasteiger partial charge on any atom is 1.00 e. The number of benzene rings is 1. The molecule has 0 fully saturated rings. The van der Waals surface area contributed by atoms with Crippen LogP contribution in [0.25, 0.3) is 0 Å². The molecule has 0 heterocycles. The number of aryl methyl sites for hydroxylation is 2. The molecule has 1 aromatic rings. The molecule has 0 aromatic heterocycles. The Morgan fingerprint density at radius 3 is 2.15 bits per heavy atom. The van der Waals surface area contributed by atoms with Gasteiger partial charge in [-0.3, -0.25) is 0 Å². The molecule has 0 unspecified atom stereocenters. The van der Waals surface area contributed by atoms with Gasteiger partial charge >= 0.3 is 102 Å². The van der Waals surface area contributed by atoms with E-state index in [2.05, 4.69) is 0 Å². The Labute approximate surface area is 101 Å². The van der Waals surface area contributed by atoms with Gasteiger partial charge in [0.05, 0.1) is 0 Å². The number of rotatable bonds is 1. The van der Waals surface area contributed by atoms with Crippen LogP contribution in [0.3, 0.4) is 0 Å². The van der Waals surface area contributed by atoms with E-state index >= 15 is 0 Å². The van der Waals surface area contributed by atoms with Crippen LogP contribution in [-0.4, -0.2) is 13.0 Å². The van der Waals surface area contributed by atoms with E-state index in [1.807, 2.05) is 0 Å². The second-order valence-corrected chi connectivity index (χ2v) is 5.55. The molecule has 0 aliphatic carbocycles. The van der Waals surface area contributed by atoms with Gasteiger partial charge in [0, 0.05) is 0 Å².